The topological polar surface area (TPSA) is 52.7 Å². The van der Waals surface area contributed by atoms with Crippen molar-refractivity contribution in [2.24, 2.45) is 5.92 Å². The fourth-order valence-electron chi connectivity index (χ4n) is 4.42. The lowest BCUT2D eigenvalue weighted by Crippen LogP contribution is -2.40. The van der Waals surface area contributed by atoms with Gasteiger partial charge in [0.2, 0.25) is 11.8 Å². The summed E-state index contributed by atoms with van der Waals surface area (Å²) in [6, 6.07) is 18.5. The summed E-state index contributed by atoms with van der Waals surface area (Å²) in [7, 11) is 0. The second kappa shape index (κ2) is 9.67. The summed E-state index contributed by atoms with van der Waals surface area (Å²) in [5.41, 5.74) is 2.10. The fraction of sp³-hybridized carbons (Fsp3) is 0.417. The second-order valence-corrected chi connectivity index (χ2v) is 8.90. The number of nitrogens with zero attached hydrogens (tertiary/aromatic N) is 2. The van der Waals surface area contributed by atoms with E-state index in [9.17, 15) is 9.59 Å². The third kappa shape index (κ3) is 4.71. The highest BCUT2D eigenvalue weighted by Gasteiger charge is 2.35. The Kier molecular flexibility index (Phi) is 6.75. The van der Waals surface area contributed by atoms with Crippen molar-refractivity contribution in [3.63, 3.8) is 0 Å². The van der Waals surface area contributed by atoms with Crippen molar-refractivity contribution in [1.29, 1.82) is 0 Å². The smallest absolute Gasteiger partial charge is 0.227 e. The molecule has 0 radical (unpaired) electrons. The Morgan fingerprint density at radius 3 is 2.47 bits per heavy atom. The zero-order valence-electron chi connectivity index (χ0n) is 17.4. The average molecular weight is 424 g/mol. The van der Waals surface area contributed by atoms with E-state index in [1.807, 2.05) is 36.6 Å². The molecule has 0 spiro atoms. The minimum Gasteiger partial charge on any atom is -0.354 e. The number of carbonyl (C=O) groups excluding carboxylic acids is 2. The second-order valence-electron chi connectivity index (χ2n) is 8.02. The van der Waals surface area contributed by atoms with Crippen LogP contribution in [0.15, 0.2) is 59.5 Å². The molecule has 0 aromatic heterocycles. The lowest BCUT2D eigenvalue weighted by Gasteiger charge is -2.28. The molecule has 1 N–H and O–H groups in total. The largest absolute Gasteiger partial charge is 0.354 e. The van der Waals surface area contributed by atoms with E-state index < -0.39 is 0 Å². The van der Waals surface area contributed by atoms with Crippen LogP contribution < -0.4 is 10.2 Å². The summed E-state index contributed by atoms with van der Waals surface area (Å²) in [5.74, 6) is -0.300. The molecule has 2 atom stereocenters. The summed E-state index contributed by atoms with van der Waals surface area (Å²) in [5, 5.41) is 3.15. The molecular weight excluding hydrogens is 394 g/mol. The number of nitrogens with one attached hydrogen (secondary N) is 1. The molecule has 2 fully saturated rings. The van der Waals surface area contributed by atoms with Gasteiger partial charge in [0.05, 0.1) is 12.0 Å². The molecule has 2 aliphatic heterocycles. The van der Waals surface area contributed by atoms with Gasteiger partial charge in [-0.25, -0.2) is 0 Å². The molecule has 4 rings (SSSR count). The van der Waals surface area contributed by atoms with Crippen LogP contribution in [0.25, 0.3) is 0 Å². The van der Waals surface area contributed by atoms with Gasteiger partial charge in [0, 0.05) is 30.1 Å². The maximum atomic E-state index is 12.9. The molecular formula is C24H29N3O2S. The number of thioether (sulfide) groups is 1. The van der Waals surface area contributed by atoms with E-state index in [0.29, 0.717) is 13.1 Å². The molecule has 6 heteroatoms. The minimum atomic E-state index is -0.298. The molecule has 30 heavy (non-hydrogen) atoms. The van der Waals surface area contributed by atoms with E-state index in [1.165, 1.54) is 18.4 Å². The standard InChI is InChI=1S/C24H29N3O2S/c1-30-21-11-9-20(10-12-21)27-17-19(15-23(27)28)24(29)25-16-22(26-13-5-6-14-26)18-7-3-2-4-8-18/h2-4,7-12,19,22H,5-6,13-17H2,1H3,(H,25,29)/t19-,22-/m0/s1. The molecule has 2 aromatic rings. The predicted molar refractivity (Wildman–Crippen MR) is 122 cm³/mol. The molecule has 5 nitrogen and oxygen atoms in total. The van der Waals surface area contributed by atoms with Crippen LogP contribution in [-0.4, -0.2) is 49.1 Å². The van der Waals surface area contributed by atoms with Gasteiger partial charge in [0.1, 0.15) is 0 Å². The highest BCUT2D eigenvalue weighted by atomic mass is 32.2. The van der Waals surface area contributed by atoms with Gasteiger partial charge in [-0.2, -0.15) is 0 Å². The number of likely N-dealkylation sites (tertiary alicyclic amines) is 1. The van der Waals surface area contributed by atoms with Gasteiger partial charge >= 0.3 is 0 Å². The quantitative estimate of drug-likeness (QED) is 0.690. The first-order valence-corrected chi connectivity index (χ1v) is 11.9. The number of anilines is 1. The number of amides is 2. The molecule has 2 aromatic carbocycles. The van der Waals surface area contributed by atoms with Gasteiger partial charge in [0.25, 0.3) is 0 Å². The summed E-state index contributed by atoms with van der Waals surface area (Å²) >= 11 is 1.67. The Labute approximate surface area is 182 Å². The van der Waals surface area contributed by atoms with Crippen LogP contribution in [0.1, 0.15) is 30.9 Å². The van der Waals surface area contributed by atoms with Crippen molar-refractivity contribution in [2.75, 3.05) is 37.3 Å². The van der Waals surface area contributed by atoms with Gasteiger partial charge in [-0.15, -0.1) is 11.8 Å². The first-order valence-electron chi connectivity index (χ1n) is 10.7. The number of carbonyl (C=O) groups is 2. The molecule has 2 heterocycles. The van der Waals surface area contributed by atoms with Crippen molar-refractivity contribution in [1.82, 2.24) is 10.2 Å². The molecule has 2 saturated heterocycles. The zero-order chi connectivity index (χ0) is 20.9. The summed E-state index contributed by atoms with van der Waals surface area (Å²) in [4.78, 5) is 30.8. The van der Waals surface area contributed by atoms with Crippen molar-refractivity contribution in [3.8, 4) is 0 Å². The number of hydrogen-bond acceptors (Lipinski definition) is 4. The molecule has 0 aliphatic carbocycles. The van der Waals surface area contributed by atoms with Crippen LogP contribution in [0.5, 0.6) is 0 Å². The van der Waals surface area contributed by atoms with E-state index in [1.54, 1.807) is 16.7 Å². The van der Waals surface area contributed by atoms with E-state index in [-0.39, 0.29) is 30.2 Å². The minimum absolute atomic E-state index is 0.0196. The third-order valence-corrected chi connectivity index (χ3v) is 6.86. The van der Waals surface area contributed by atoms with Crippen molar-refractivity contribution in [2.45, 2.75) is 30.2 Å². The lowest BCUT2D eigenvalue weighted by molar-refractivity contribution is -0.126. The average Bonchev–Trinajstić information content (AvgIpc) is 3.45. The Balaban J connectivity index is 1.38. The van der Waals surface area contributed by atoms with E-state index in [2.05, 4.69) is 34.5 Å². The first kappa shape index (κ1) is 20.9. The summed E-state index contributed by atoms with van der Waals surface area (Å²) < 4.78 is 0. The maximum Gasteiger partial charge on any atom is 0.227 e. The van der Waals surface area contributed by atoms with Crippen LogP contribution in [0.3, 0.4) is 0 Å². The van der Waals surface area contributed by atoms with E-state index in [0.717, 1.165) is 23.7 Å². The Hall–Kier alpha value is -2.31. The van der Waals surface area contributed by atoms with Gasteiger partial charge in [0.15, 0.2) is 0 Å². The van der Waals surface area contributed by atoms with Crippen LogP contribution in [0, 0.1) is 5.92 Å². The molecule has 2 amide bonds. The van der Waals surface area contributed by atoms with Crippen LogP contribution in [-0.2, 0) is 9.59 Å². The summed E-state index contributed by atoms with van der Waals surface area (Å²) in [6.07, 6.45) is 4.72. The lowest BCUT2D eigenvalue weighted by atomic mass is 10.0. The Morgan fingerprint density at radius 2 is 1.80 bits per heavy atom. The zero-order valence-corrected chi connectivity index (χ0v) is 18.2. The molecule has 0 unspecified atom stereocenters. The Morgan fingerprint density at radius 1 is 1.10 bits per heavy atom. The molecule has 0 bridgehead atoms. The normalized spacial score (nSPS) is 20.5. The highest BCUT2D eigenvalue weighted by Crippen LogP contribution is 2.28. The molecule has 158 valence electrons. The highest BCUT2D eigenvalue weighted by molar-refractivity contribution is 7.98. The first-order chi connectivity index (χ1) is 14.7. The maximum absolute atomic E-state index is 12.9. The fourth-order valence-corrected chi connectivity index (χ4v) is 4.83. The van der Waals surface area contributed by atoms with Gasteiger partial charge in [-0.1, -0.05) is 30.3 Å². The molecule has 2 aliphatic rings. The van der Waals surface area contributed by atoms with Crippen LogP contribution >= 0.6 is 11.8 Å². The Bertz CT molecular complexity index is 866. The van der Waals surface area contributed by atoms with Gasteiger partial charge < -0.3 is 10.2 Å². The van der Waals surface area contributed by atoms with Crippen molar-refractivity contribution < 1.29 is 9.59 Å². The molecule has 0 saturated carbocycles. The number of rotatable bonds is 7. The SMILES string of the molecule is CSc1ccc(N2C[C@@H](C(=O)NC[C@@H](c3ccccc3)N3CCCC3)CC2=O)cc1. The monoisotopic (exact) mass is 423 g/mol. The van der Waals surface area contributed by atoms with Gasteiger partial charge in [-0.05, 0) is 62.0 Å². The van der Waals surface area contributed by atoms with Gasteiger partial charge in [-0.3, -0.25) is 14.5 Å². The van der Waals surface area contributed by atoms with E-state index in [4.69, 9.17) is 0 Å². The van der Waals surface area contributed by atoms with Crippen LogP contribution in [0.2, 0.25) is 0 Å². The van der Waals surface area contributed by atoms with Crippen LogP contribution in [0.4, 0.5) is 5.69 Å². The van der Waals surface area contributed by atoms with Crippen molar-refractivity contribution >= 4 is 29.3 Å². The number of hydrogen-bond donors (Lipinski definition) is 1. The number of benzene rings is 2. The summed E-state index contributed by atoms with van der Waals surface area (Å²) in [6.45, 7) is 3.16. The predicted octanol–water partition coefficient (Wildman–Crippen LogP) is 3.71. The van der Waals surface area contributed by atoms with Crippen molar-refractivity contribution in [3.05, 3.63) is 60.2 Å². The third-order valence-electron chi connectivity index (χ3n) is 6.12. The van der Waals surface area contributed by atoms with E-state index >= 15 is 0 Å².